The number of H-pyrrole nitrogens is 1. The van der Waals surface area contributed by atoms with E-state index < -0.39 is 0 Å². The largest absolute Gasteiger partial charge is 0.399 e. The fraction of sp³-hybridized carbons (Fsp3) is 0.211. The first-order valence-corrected chi connectivity index (χ1v) is 7.78. The molecule has 23 heavy (non-hydrogen) atoms. The van der Waals surface area contributed by atoms with E-state index in [2.05, 4.69) is 23.3 Å². The summed E-state index contributed by atoms with van der Waals surface area (Å²) in [6, 6.07) is 15.6. The topological polar surface area (TPSA) is 70.9 Å². The van der Waals surface area contributed by atoms with Crippen molar-refractivity contribution in [2.75, 3.05) is 5.73 Å². The van der Waals surface area contributed by atoms with Crippen molar-refractivity contribution in [3.63, 3.8) is 0 Å². The molecule has 0 bridgehead atoms. The van der Waals surface area contributed by atoms with Gasteiger partial charge < -0.3 is 20.8 Å². The number of benzene rings is 2. The number of para-hydroxylation sites is 1. The number of fused-ring (bicyclic) bond motifs is 1. The highest BCUT2D eigenvalue weighted by Crippen LogP contribution is 2.27. The number of aromatic nitrogens is 1. The molecule has 0 spiro atoms. The Bertz CT molecular complexity index is 792. The molecule has 118 valence electrons. The third-order valence-corrected chi connectivity index (χ3v) is 4.32. The number of nitrogens with two attached hydrogens (primary N) is 1. The minimum Gasteiger partial charge on any atom is -0.399 e. The van der Waals surface area contributed by atoms with E-state index in [0.717, 1.165) is 28.6 Å². The van der Waals surface area contributed by atoms with Crippen molar-refractivity contribution >= 4 is 22.9 Å². The number of rotatable bonds is 6. The van der Waals surface area contributed by atoms with Crippen LogP contribution in [0.1, 0.15) is 24.0 Å². The predicted molar refractivity (Wildman–Crippen MR) is 94.3 cm³/mol. The molecular weight excluding hydrogens is 286 g/mol. The Morgan fingerprint density at radius 1 is 1.17 bits per heavy atom. The molecular formula is C19H21N3O. The Balaban J connectivity index is 1.74. The summed E-state index contributed by atoms with van der Waals surface area (Å²) >= 11 is 0. The van der Waals surface area contributed by atoms with Crippen molar-refractivity contribution in [1.82, 2.24) is 10.3 Å². The van der Waals surface area contributed by atoms with Crippen LogP contribution in [0.3, 0.4) is 0 Å². The predicted octanol–water partition coefficient (Wildman–Crippen LogP) is 3.21. The van der Waals surface area contributed by atoms with Crippen LogP contribution in [0.4, 0.5) is 5.69 Å². The monoisotopic (exact) mass is 307 g/mol. The van der Waals surface area contributed by atoms with Gasteiger partial charge in [0.1, 0.15) is 6.29 Å². The molecule has 0 radical (unpaired) electrons. The molecule has 3 aromatic rings. The molecule has 0 fully saturated rings. The van der Waals surface area contributed by atoms with E-state index in [1.807, 2.05) is 48.7 Å². The van der Waals surface area contributed by atoms with Gasteiger partial charge in [-0.15, -0.1) is 0 Å². The van der Waals surface area contributed by atoms with Gasteiger partial charge in [-0.05, 0) is 29.3 Å². The number of nitrogens with one attached hydrogen (secondary N) is 2. The van der Waals surface area contributed by atoms with Gasteiger partial charge in [0, 0.05) is 35.2 Å². The molecule has 4 heteroatoms. The zero-order valence-electron chi connectivity index (χ0n) is 13.1. The Hall–Kier alpha value is -2.59. The quantitative estimate of drug-likeness (QED) is 0.484. The summed E-state index contributed by atoms with van der Waals surface area (Å²) in [6.07, 6.45) is 2.99. The molecule has 2 aromatic carbocycles. The lowest BCUT2D eigenvalue weighted by Gasteiger charge is -2.20. The van der Waals surface area contributed by atoms with Gasteiger partial charge in [0.05, 0.1) is 6.04 Å². The van der Waals surface area contributed by atoms with E-state index >= 15 is 0 Å². The van der Waals surface area contributed by atoms with Crippen molar-refractivity contribution in [2.24, 2.45) is 0 Å². The van der Waals surface area contributed by atoms with Gasteiger partial charge in [0.2, 0.25) is 0 Å². The fourth-order valence-electron chi connectivity index (χ4n) is 2.88. The average Bonchev–Trinajstić information content (AvgIpc) is 3.01. The number of carbonyl (C=O) groups excluding carboxylic acids is 1. The summed E-state index contributed by atoms with van der Waals surface area (Å²) in [5, 5.41) is 4.50. The number of hydrogen-bond acceptors (Lipinski definition) is 3. The highest BCUT2D eigenvalue weighted by molar-refractivity contribution is 5.84. The Morgan fingerprint density at radius 3 is 2.65 bits per heavy atom. The smallest absolute Gasteiger partial charge is 0.137 e. The molecule has 0 saturated heterocycles. The summed E-state index contributed by atoms with van der Waals surface area (Å²) in [5.41, 5.74) is 9.80. The zero-order chi connectivity index (χ0) is 16.2. The molecule has 0 aliphatic carbocycles. The van der Waals surface area contributed by atoms with Crippen molar-refractivity contribution in [1.29, 1.82) is 0 Å². The molecule has 2 unspecified atom stereocenters. The first-order chi connectivity index (χ1) is 11.2. The van der Waals surface area contributed by atoms with Crippen LogP contribution in [0.2, 0.25) is 0 Å². The van der Waals surface area contributed by atoms with Gasteiger partial charge in [-0.1, -0.05) is 37.3 Å². The molecule has 0 aliphatic heterocycles. The molecule has 0 amide bonds. The lowest BCUT2D eigenvalue weighted by atomic mass is 9.93. The van der Waals surface area contributed by atoms with Gasteiger partial charge in [-0.3, -0.25) is 0 Å². The first kappa shape index (κ1) is 15.3. The summed E-state index contributed by atoms with van der Waals surface area (Å²) < 4.78 is 0. The second kappa shape index (κ2) is 6.67. The second-order valence-corrected chi connectivity index (χ2v) is 5.86. The number of aromatic amines is 1. The number of anilines is 1. The molecule has 4 nitrogen and oxygen atoms in total. The Morgan fingerprint density at radius 2 is 1.91 bits per heavy atom. The van der Waals surface area contributed by atoms with Crippen LogP contribution in [0.25, 0.3) is 10.9 Å². The van der Waals surface area contributed by atoms with Crippen LogP contribution in [0.5, 0.6) is 0 Å². The third kappa shape index (κ3) is 3.27. The van der Waals surface area contributed by atoms with Gasteiger partial charge in [0.25, 0.3) is 0 Å². The second-order valence-electron chi connectivity index (χ2n) is 5.86. The number of carbonyl (C=O) groups is 1. The lowest BCUT2D eigenvalue weighted by Crippen LogP contribution is -2.34. The highest BCUT2D eigenvalue weighted by atomic mass is 16.1. The molecule has 0 saturated carbocycles. The maximum absolute atomic E-state index is 11.6. The molecule has 1 heterocycles. The van der Waals surface area contributed by atoms with Gasteiger partial charge >= 0.3 is 0 Å². The molecule has 4 N–H and O–H groups in total. The van der Waals surface area contributed by atoms with Crippen molar-refractivity contribution in [3.05, 3.63) is 65.9 Å². The maximum atomic E-state index is 11.6. The van der Waals surface area contributed by atoms with Crippen LogP contribution in [-0.4, -0.2) is 17.3 Å². The van der Waals surface area contributed by atoms with E-state index in [0.29, 0.717) is 6.54 Å². The van der Waals surface area contributed by atoms with Gasteiger partial charge in [-0.2, -0.15) is 0 Å². The Kier molecular flexibility index (Phi) is 4.44. The number of nitrogen functional groups attached to an aromatic ring is 1. The van der Waals surface area contributed by atoms with Gasteiger partial charge in [0.15, 0.2) is 0 Å². The summed E-state index contributed by atoms with van der Waals surface area (Å²) in [7, 11) is 0. The van der Waals surface area contributed by atoms with E-state index in [9.17, 15) is 4.79 Å². The van der Waals surface area contributed by atoms with Crippen molar-refractivity contribution in [3.8, 4) is 0 Å². The van der Waals surface area contributed by atoms with Crippen LogP contribution >= 0.6 is 0 Å². The summed E-state index contributed by atoms with van der Waals surface area (Å²) in [4.78, 5) is 14.8. The average molecular weight is 307 g/mol. The number of hydrogen-bond donors (Lipinski definition) is 3. The van der Waals surface area contributed by atoms with E-state index in [4.69, 9.17) is 5.73 Å². The minimum atomic E-state index is -0.244. The Labute approximate surface area is 135 Å². The van der Waals surface area contributed by atoms with Gasteiger partial charge in [-0.25, -0.2) is 0 Å². The highest BCUT2D eigenvalue weighted by Gasteiger charge is 2.20. The van der Waals surface area contributed by atoms with Crippen molar-refractivity contribution < 1.29 is 4.79 Å². The minimum absolute atomic E-state index is 0.0810. The molecule has 1 aromatic heterocycles. The first-order valence-electron chi connectivity index (χ1n) is 7.78. The van der Waals surface area contributed by atoms with Crippen LogP contribution in [-0.2, 0) is 11.3 Å². The molecule has 2 atom stereocenters. The third-order valence-electron chi connectivity index (χ3n) is 4.32. The molecule has 3 rings (SSSR count). The molecule has 0 aliphatic rings. The fourth-order valence-corrected chi connectivity index (χ4v) is 2.88. The van der Waals surface area contributed by atoms with E-state index in [-0.39, 0.29) is 12.0 Å². The maximum Gasteiger partial charge on any atom is 0.137 e. The lowest BCUT2D eigenvalue weighted by molar-refractivity contribution is -0.110. The van der Waals surface area contributed by atoms with E-state index in [1.54, 1.807) is 0 Å². The van der Waals surface area contributed by atoms with E-state index in [1.165, 1.54) is 5.39 Å². The summed E-state index contributed by atoms with van der Waals surface area (Å²) in [5.74, 6) is 0.0810. The summed E-state index contributed by atoms with van der Waals surface area (Å²) in [6.45, 7) is 2.71. The van der Waals surface area contributed by atoms with Crippen molar-refractivity contribution in [2.45, 2.75) is 25.4 Å². The van der Waals surface area contributed by atoms with Crippen LogP contribution in [0, 0.1) is 0 Å². The SMILES string of the molecule is CC(c1c[nH]c2ccccc12)C(C=O)NCc1ccc(N)cc1. The number of aldehydes is 1. The standard InChI is InChI=1S/C19H21N3O/c1-13(17-11-22-18-5-3-2-4-16(17)18)19(12-23)21-10-14-6-8-15(20)9-7-14/h2-9,11-13,19,21-22H,10,20H2,1H3. The van der Waals surface area contributed by atoms with Crippen LogP contribution < -0.4 is 11.1 Å². The van der Waals surface area contributed by atoms with Crippen LogP contribution in [0.15, 0.2) is 54.7 Å². The normalized spacial score (nSPS) is 13.8. The zero-order valence-corrected chi connectivity index (χ0v) is 13.1.